The Morgan fingerprint density at radius 1 is 1.25 bits per heavy atom. The van der Waals surface area contributed by atoms with Crippen molar-refractivity contribution >= 4 is 41.1 Å². The van der Waals surface area contributed by atoms with E-state index in [-0.39, 0.29) is 24.2 Å². The fourth-order valence-corrected chi connectivity index (χ4v) is 5.31. The van der Waals surface area contributed by atoms with Crippen LogP contribution < -0.4 is 14.5 Å². The van der Waals surface area contributed by atoms with Gasteiger partial charge in [0.2, 0.25) is 0 Å². The minimum absolute atomic E-state index is 0.0343. The van der Waals surface area contributed by atoms with Crippen molar-refractivity contribution in [1.82, 2.24) is 10.1 Å². The Labute approximate surface area is 195 Å². The molecule has 0 bridgehead atoms. The van der Waals surface area contributed by atoms with E-state index in [0.29, 0.717) is 17.2 Å². The van der Waals surface area contributed by atoms with Crippen LogP contribution in [0.5, 0.6) is 5.95 Å². The monoisotopic (exact) mass is 495 g/mol. The van der Waals surface area contributed by atoms with Gasteiger partial charge in [0.25, 0.3) is 5.95 Å². The van der Waals surface area contributed by atoms with Crippen molar-refractivity contribution < 1.29 is 22.8 Å². The highest BCUT2D eigenvalue weighted by atomic mass is 32.2. The molecule has 1 unspecified atom stereocenters. The molecule has 0 radical (unpaired) electrons. The Morgan fingerprint density at radius 3 is 2.66 bits per heavy atom. The molecule has 0 aliphatic carbocycles. The van der Waals surface area contributed by atoms with Crippen LogP contribution in [0.1, 0.15) is 17.4 Å². The van der Waals surface area contributed by atoms with Crippen molar-refractivity contribution in [2.75, 3.05) is 31.4 Å². The van der Waals surface area contributed by atoms with E-state index in [1.165, 1.54) is 6.92 Å². The van der Waals surface area contributed by atoms with Crippen LogP contribution in [0.2, 0.25) is 0 Å². The molecule has 3 aromatic rings. The molecule has 1 atom stereocenters. The summed E-state index contributed by atoms with van der Waals surface area (Å²) in [6.45, 7) is 3.79. The first-order chi connectivity index (χ1) is 15.3. The lowest BCUT2D eigenvalue weighted by molar-refractivity contribution is -0.109. The van der Waals surface area contributed by atoms with Crippen LogP contribution in [-0.2, 0) is 20.4 Å². The molecule has 3 rings (SSSR count). The van der Waals surface area contributed by atoms with Crippen LogP contribution >= 0.6 is 30.8 Å². The van der Waals surface area contributed by atoms with E-state index >= 15 is 0 Å². The molecule has 0 saturated carbocycles. The lowest BCUT2D eigenvalue weighted by atomic mass is 10.2. The van der Waals surface area contributed by atoms with Gasteiger partial charge in [-0.25, -0.2) is 14.6 Å². The van der Waals surface area contributed by atoms with Crippen molar-refractivity contribution in [3.8, 4) is 17.4 Å². The van der Waals surface area contributed by atoms with Crippen LogP contribution in [0, 0.1) is 6.92 Å². The largest absolute Gasteiger partial charge is 0.461 e. The number of nitrogens with zero attached hydrogens (tertiary/aromatic N) is 2. The summed E-state index contributed by atoms with van der Waals surface area (Å²) in [7, 11) is 0.0899. The number of carbonyl (C=O) groups excluding carboxylic acids is 1. The fraction of sp³-hybridized carbons (Fsp3) is 0.333. The van der Waals surface area contributed by atoms with Crippen LogP contribution in [0.3, 0.4) is 0 Å². The second kappa shape index (κ2) is 11.2. The third-order valence-electron chi connectivity index (χ3n) is 4.16. The molecule has 0 aliphatic rings. The normalized spacial score (nSPS) is 13.0. The van der Waals surface area contributed by atoms with Crippen LogP contribution in [0.25, 0.3) is 11.5 Å². The number of nitrogens with one attached hydrogen (secondary N) is 1. The van der Waals surface area contributed by atoms with E-state index in [4.69, 9.17) is 13.5 Å². The van der Waals surface area contributed by atoms with Crippen LogP contribution in [0.4, 0.5) is 5.13 Å². The van der Waals surface area contributed by atoms with E-state index in [2.05, 4.69) is 10.1 Å². The number of anilines is 1. The molecule has 0 aliphatic heterocycles. The first-order valence-electron chi connectivity index (χ1n) is 9.87. The first-order valence-corrected chi connectivity index (χ1v) is 13.2. The molecule has 32 heavy (non-hydrogen) atoms. The van der Waals surface area contributed by atoms with Gasteiger partial charge >= 0.3 is 7.75 Å². The number of aromatic nitrogens is 1. The van der Waals surface area contributed by atoms with Gasteiger partial charge in [-0.05, 0) is 18.6 Å². The Hall–Kier alpha value is -2.10. The first kappa shape index (κ1) is 24.5. The zero-order valence-electron chi connectivity index (χ0n) is 18.4. The van der Waals surface area contributed by atoms with Gasteiger partial charge in [-0.1, -0.05) is 42.1 Å². The summed E-state index contributed by atoms with van der Waals surface area (Å²) in [5.74, 6) is 0.940. The standard InChI is InChI=1S/C21H26N3O5PS2/c1-15-20(23-21(32-15)24(3)4)18-10-11-19(28-18)29-30(26,27-12-13-31-16(2)25)22-14-17-8-6-5-7-9-17/h5-11H,12-14H2,1-4H3,(H,22,26). The summed E-state index contributed by atoms with van der Waals surface area (Å²) in [5, 5.41) is 3.69. The zero-order valence-corrected chi connectivity index (χ0v) is 20.9. The van der Waals surface area contributed by atoms with E-state index in [1.54, 1.807) is 23.5 Å². The van der Waals surface area contributed by atoms with E-state index in [1.807, 2.05) is 56.3 Å². The Kier molecular flexibility index (Phi) is 8.56. The molecule has 172 valence electrons. The third kappa shape index (κ3) is 6.95. The second-order valence-corrected chi connectivity index (χ2v) is 11.2. The molecular formula is C21H26N3O5PS2. The van der Waals surface area contributed by atoms with Crippen LogP contribution in [0.15, 0.2) is 46.9 Å². The van der Waals surface area contributed by atoms with Crippen molar-refractivity contribution in [2.45, 2.75) is 20.4 Å². The number of rotatable bonds is 11. The van der Waals surface area contributed by atoms with Crippen molar-refractivity contribution in [3.63, 3.8) is 0 Å². The highest BCUT2D eigenvalue weighted by Crippen LogP contribution is 2.46. The Balaban J connectivity index is 1.73. The number of hydrogen-bond acceptors (Lipinski definition) is 9. The van der Waals surface area contributed by atoms with E-state index < -0.39 is 7.75 Å². The van der Waals surface area contributed by atoms with E-state index in [9.17, 15) is 9.36 Å². The minimum atomic E-state index is -3.76. The van der Waals surface area contributed by atoms with Crippen molar-refractivity contribution in [1.29, 1.82) is 0 Å². The number of furan rings is 1. The Bertz CT molecular complexity index is 1080. The van der Waals surface area contributed by atoms with Gasteiger partial charge in [-0.2, -0.15) is 0 Å². The minimum Gasteiger partial charge on any atom is -0.424 e. The summed E-state index contributed by atoms with van der Waals surface area (Å²) in [4.78, 5) is 18.7. The van der Waals surface area contributed by atoms with Gasteiger partial charge in [-0.15, -0.1) is 11.3 Å². The molecule has 0 saturated heterocycles. The van der Waals surface area contributed by atoms with Gasteiger partial charge in [0.15, 0.2) is 16.0 Å². The number of hydrogen-bond donors (Lipinski definition) is 1. The van der Waals surface area contributed by atoms with Crippen molar-refractivity contribution in [2.24, 2.45) is 0 Å². The number of thioether (sulfide) groups is 1. The molecule has 0 amide bonds. The number of benzene rings is 1. The van der Waals surface area contributed by atoms with Crippen LogP contribution in [-0.4, -0.2) is 36.6 Å². The molecule has 2 aromatic heterocycles. The maximum absolute atomic E-state index is 13.4. The molecule has 0 fully saturated rings. The molecule has 2 heterocycles. The highest BCUT2D eigenvalue weighted by molar-refractivity contribution is 8.13. The summed E-state index contributed by atoms with van der Waals surface area (Å²) >= 11 is 2.65. The lowest BCUT2D eigenvalue weighted by Crippen LogP contribution is -2.17. The lowest BCUT2D eigenvalue weighted by Gasteiger charge is -2.18. The molecular weight excluding hydrogens is 469 g/mol. The average molecular weight is 496 g/mol. The highest BCUT2D eigenvalue weighted by Gasteiger charge is 2.28. The fourth-order valence-electron chi connectivity index (χ4n) is 2.65. The van der Waals surface area contributed by atoms with Gasteiger partial charge in [0.05, 0.1) is 6.61 Å². The quantitative estimate of drug-likeness (QED) is 0.279. The molecule has 11 heteroatoms. The average Bonchev–Trinajstić information content (AvgIpc) is 3.37. The maximum atomic E-state index is 13.4. The van der Waals surface area contributed by atoms with Gasteiger partial charge in [0.1, 0.15) is 5.69 Å². The van der Waals surface area contributed by atoms with Gasteiger partial charge < -0.3 is 13.8 Å². The van der Waals surface area contributed by atoms with E-state index in [0.717, 1.165) is 27.3 Å². The third-order valence-corrected chi connectivity index (χ3v) is 7.57. The predicted octanol–water partition coefficient (Wildman–Crippen LogP) is 5.35. The maximum Gasteiger partial charge on any atom is 0.461 e. The molecule has 1 N–H and O–H groups in total. The number of aryl methyl sites for hydroxylation is 1. The second-order valence-electron chi connectivity index (χ2n) is 7.00. The molecule has 8 nitrogen and oxygen atoms in total. The topological polar surface area (TPSA) is 93.9 Å². The SMILES string of the molecule is CC(=O)SCCOP(=O)(NCc1ccccc1)Oc1ccc(-c2nc(N(C)C)sc2C)o1. The summed E-state index contributed by atoms with van der Waals surface area (Å²) < 4.78 is 30.4. The number of thiazole rings is 1. The summed E-state index contributed by atoms with van der Waals surface area (Å²) in [5.41, 5.74) is 1.63. The smallest absolute Gasteiger partial charge is 0.424 e. The molecule has 0 spiro atoms. The number of carbonyl (C=O) groups is 1. The molecule has 1 aromatic carbocycles. The zero-order chi connectivity index (χ0) is 23.1. The van der Waals surface area contributed by atoms with Gasteiger partial charge in [-0.3, -0.25) is 9.32 Å². The summed E-state index contributed by atoms with van der Waals surface area (Å²) in [6.07, 6.45) is 0. The van der Waals surface area contributed by atoms with Gasteiger partial charge in [0, 0.05) is 44.3 Å². The van der Waals surface area contributed by atoms with Crippen molar-refractivity contribution in [3.05, 3.63) is 52.9 Å². The Morgan fingerprint density at radius 2 is 2.00 bits per heavy atom. The summed E-state index contributed by atoms with van der Waals surface area (Å²) in [6, 6.07) is 12.8. The predicted molar refractivity (Wildman–Crippen MR) is 129 cm³/mol.